The highest BCUT2D eigenvalue weighted by Crippen LogP contribution is 2.41. The number of aromatic nitrogens is 2. The van der Waals surface area contributed by atoms with Crippen molar-refractivity contribution in [2.75, 3.05) is 18.2 Å². The van der Waals surface area contributed by atoms with Crippen molar-refractivity contribution in [2.24, 2.45) is 11.7 Å². The fourth-order valence-electron chi connectivity index (χ4n) is 2.69. The van der Waals surface area contributed by atoms with Crippen molar-refractivity contribution in [3.63, 3.8) is 0 Å². The van der Waals surface area contributed by atoms with Gasteiger partial charge in [0, 0.05) is 6.20 Å². The standard InChI is InChI=1S/C15H24ClFN4O5/c1-7(2)10(19)13(23)25-11-9(17)12(26-15(11,5-16)6-22)21-4-3-8(18)20-14(21)24/h3-4,7,9-13,22-23H,5-6,19H2,1-2H3,(H2,18,20,24)/t9-,10?,11+,12-,13?,15-/m1/s1. The number of halogens is 2. The molecule has 1 aliphatic rings. The maximum Gasteiger partial charge on any atom is 0.351 e. The van der Waals surface area contributed by atoms with Gasteiger partial charge in [0.1, 0.15) is 17.5 Å². The molecule has 11 heteroatoms. The average Bonchev–Trinajstić information content (AvgIpc) is 2.87. The van der Waals surface area contributed by atoms with Crippen LogP contribution in [0.25, 0.3) is 0 Å². The molecule has 26 heavy (non-hydrogen) atoms. The largest absolute Gasteiger partial charge is 0.393 e. The van der Waals surface area contributed by atoms with E-state index in [4.69, 9.17) is 32.5 Å². The molecule has 2 rings (SSSR count). The Bertz CT molecular complexity index is 672. The predicted octanol–water partition coefficient (Wildman–Crippen LogP) is -0.651. The third-order valence-corrected chi connectivity index (χ3v) is 4.89. The first-order valence-corrected chi connectivity index (χ1v) is 8.62. The maximum atomic E-state index is 15.1. The lowest BCUT2D eigenvalue weighted by molar-refractivity contribution is -0.201. The highest BCUT2D eigenvalue weighted by molar-refractivity contribution is 6.18. The molecule has 0 amide bonds. The highest BCUT2D eigenvalue weighted by Gasteiger charge is 2.58. The molecule has 0 spiro atoms. The molecule has 0 aromatic carbocycles. The Hall–Kier alpha value is -1.30. The Morgan fingerprint density at radius 2 is 2.23 bits per heavy atom. The molecule has 6 atom stereocenters. The summed E-state index contributed by atoms with van der Waals surface area (Å²) < 4.78 is 27.0. The summed E-state index contributed by atoms with van der Waals surface area (Å²) in [5, 5.41) is 19.9. The second kappa shape index (κ2) is 8.15. The van der Waals surface area contributed by atoms with E-state index in [2.05, 4.69) is 4.98 Å². The molecule has 1 aliphatic heterocycles. The zero-order chi connectivity index (χ0) is 19.6. The van der Waals surface area contributed by atoms with Gasteiger partial charge in [-0.2, -0.15) is 4.98 Å². The van der Waals surface area contributed by atoms with E-state index < -0.39 is 48.7 Å². The van der Waals surface area contributed by atoms with Crippen molar-refractivity contribution in [3.8, 4) is 0 Å². The summed E-state index contributed by atoms with van der Waals surface area (Å²) in [4.78, 5) is 15.5. The van der Waals surface area contributed by atoms with E-state index in [1.54, 1.807) is 13.8 Å². The molecule has 1 fully saturated rings. The van der Waals surface area contributed by atoms with Gasteiger partial charge in [-0.15, -0.1) is 11.6 Å². The first-order valence-electron chi connectivity index (χ1n) is 8.09. The molecule has 9 nitrogen and oxygen atoms in total. The molecule has 6 N–H and O–H groups in total. The second-order valence-corrected chi connectivity index (χ2v) is 6.89. The lowest BCUT2D eigenvalue weighted by Gasteiger charge is -2.33. The van der Waals surface area contributed by atoms with Crippen LogP contribution < -0.4 is 17.2 Å². The Balaban J connectivity index is 2.35. The van der Waals surface area contributed by atoms with Gasteiger partial charge < -0.3 is 31.2 Å². The highest BCUT2D eigenvalue weighted by atomic mass is 35.5. The normalized spacial score (nSPS) is 31.3. The summed E-state index contributed by atoms with van der Waals surface area (Å²) in [7, 11) is 0. The molecule has 0 bridgehead atoms. The van der Waals surface area contributed by atoms with Crippen LogP contribution in [-0.2, 0) is 9.47 Å². The number of hydrogen-bond donors (Lipinski definition) is 4. The number of aliphatic hydroxyl groups is 2. The van der Waals surface area contributed by atoms with Crippen molar-refractivity contribution in [3.05, 3.63) is 22.7 Å². The summed E-state index contributed by atoms with van der Waals surface area (Å²) in [6, 6.07) is 0.505. The van der Waals surface area contributed by atoms with Crippen LogP contribution in [0, 0.1) is 5.92 Å². The van der Waals surface area contributed by atoms with Crippen LogP contribution in [0.15, 0.2) is 17.1 Å². The summed E-state index contributed by atoms with van der Waals surface area (Å²) in [5.41, 5.74) is 8.75. The van der Waals surface area contributed by atoms with Gasteiger partial charge in [0.15, 0.2) is 18.7 Å². The zero-order valence-electron chi connectivity index (χ0n) is 14.5. The van der Waals surface area contributed by atoms with Crippen molar-refractivity contribution in [1.29, 1.82) is 0 Å². The summed E-state index contributed by atoms with van der Waals surface area (Å²) in [6.07, 6.45) is -5.15. The molecular formula is C15H24ClFN4O5. The molecule has 2 unspecified atom stereocenters. The Morgan fingerprint density at radius 3 is 2.73 bits per heavy atom. The minimum atomic E-state index is -1.93. The summed E-state index contributed by atoms with van der Waals surface area (Å²) >= 11 is 5.90. The van der Waals surface area contributed by atoms with Gasteiger partial charge in [0.2, 0.25) is 0 Å². The van der Waals surface area contributed by atoms with Crippen molar-refractivity contribution < 1.29 is 24.1 Å². The van der Waals surface area contributed by atoms with E-state index >= 15 is 4.39 Å². The fourth-order valence-corrected chi connectivity index (χ4v) is 2.99. The van der Waals surface area contributed by atoms with Gasteiger partial charge in [-0.3, -0.25) is 4.57 Å². The molecule has 1 aromatic heterocycles. The van der Waals surface area contributed by atoms with E-state index in [0.717, 1.165) is 4.57 Å². The SMILES string of the molecule is CC(C)C(N)C(O)O[C@H]1[C@@H](F)[C@H](n2ccc(N)nc2=O)O[C@@]1(CO)CCl. The first-order chi connectivity index (χ1) is 12.2. The Morgan fingerprint density at radius 1 is 1.58 bits per heavy atom. The van der Waals surface area contributed by atoms with Crippen LogP contribution in [0.5, 0.6) is 0 Å². The number of rotatable bonds is 7. The monoisotopic (exact) mass is 394 g/mol. The molecule has 0 saturated carbocycles. The van der Waals surface area contributed by atoms with Crippen molar-refractivity contribution in [2.45, 2.75) is 50.3 Å². The van der Waals surface area contributed by atoms with E-state index in [0.29, 0.717) is 0 Å². The molecule has 2 heterocycles. The number of alkyl halides is 2. The van der Waals surface area contributed by atoms with Gasteiger partial charge in [0.05, 0.1) is 18.5 Å². The Kier molecular flexibility index (Phi) is 6.59. The van der Waals surface area contributed by atoms with Crippen LogP contribution in [0.4, 0.5) is 10.2 Å². The molecule has 1 aromatic rings. The van der Waals surface area contributed by atoms with E-state index in [1.165, 1.54) is 12.3 Å². The first kappa shape index (κ1) is 21.0. The van der Waals surface area contributed by atoms with Gasteiger partial charge in [-0.25, -0.2) is 9.18 Å². The molecular weight excluding hydrogens is 371 g/mol. The summed E-state index contributed by atoms with van der Waals surface area (Å²) in [5.74, 6) is -0.521. The molecule has 0 radical (unpaired) electrons. The quantitative estimate of drug-likeness (QED) is 0.352. The third-order valence-electron chi connectivity index (χ3n) is 4.44. The second-order valence-electron chi connectivity index (χ2n) is 6.62. The van der Waals surface area contributed by atoms with Gasteiger partial charge in [0.25, 0.3) is 0 Å². The minimum Gasteiger partial charge on any atom is -0.393 e. The van der Waals surface area contributed by atoms with Crippen LogP contribution >= 0.6 is 11.6 Å². The lowest BCUT2D eigenvalue weighted by Crippen LogP contribution is -2.53. The number of nitrogens with two attached hydrogens (primary N) is 2. The summed E-state index contributed by atoms with van der Waals surface area (Å²) in [6.45, 7) is 2.83. The average molecular weight is 395 g/mol. The Labute approximate surface area is 154 Å². The van der Waals surface area contributed by atoms with Crippen LogP contribution in [-0.4, -0.2) is 62.5 Å². The van der Waals surface area contributed by atoms with Gasteiger partial charge in [-0.05, 0) is 12.0 Å². The van der Waals surface area contributed by atoms with Crippen molar-refractivity contribution in [1.82, 2.24) is 9.55 Å². The number of ether oxygens (including phenoxy) is 2. The van der Waals surface area contributed by atoms with Crippen LogP contribution in [0.3, 0.4) is 0 Å². The number of nitrogen functional groups attached to an aromatic ring is 1. The number of anilines is 1. The van der Waals surface area contributed by atoms with Crippen LogP contribution in [0.2, 0.25) is 0 Å². The van der Waals surface area contributed by atoms with Crippen molar-refractivity contribution >= 4 is 17.4 Å². The fraction of sp³-hybridized carbons (Fsp3) is 0.733. The minimum absolute atomic E-state index is 0.0310. The molecule has 0 aliphatic carbocycles. The molecule has 1 saturated heterocycles. The third kappa shape index (κ3) is 3.85. The topological polar surface area (TPSA) is 146 Å². The van der Waals surface area contributed by atoms with E-state index in [1.807, 2.05) is 0 Å². The number of hydrogen-bond acceptors (Lipinski definition) is 8. The molecule has 148 valence electrons. The van der Waals surface area contributed by atoms with Gasteiger partial charge in [-0.1, -0.05) is 13.8 Å². The lowest BCUT2D eigenvalue weighted by atomic mass is 9.98. The maximum absolute atomic E-state index is 15.1. The number of aliphatic hydroxyl groups excluding tert-OH is 2. The smallest absolute Gasteiger partial charge is 0.351 e. The van der Waals surface area contributed by atoms with Crippen LogP contribution in [0.1, 0.15) is 20.1 Å². The predicted molar refractivity (Wildman–Crippen MR) is 92.2 cm³/mol. The van der Waals surface area contributed by atoms with E-state index in [-0.39, 0.29) is 17.6 Å². The van der Waals surface area contributed by atoms with Gasteiger partial charge >= 0.3 is 5.69 Å². The number of nitrogens with zero attached hydrogens (tertiary/aromatic N) is 2. The van der Waals surface area contributed by atoms with E-state index in [9.17, 15) is 15.0 Å². The zero-order valence-corrected chi connectivity index (χ0v) is 15.2.